The summed E-state index contributed by atoms with van der Waals surface area (Å²) >= 11 is 0. The van der Waals surface area contributed by atoms with E-state index in [4.69, 9.17) is 0 Å². The molecule has 9 aromatic carbocycles. The molecule has 0 aliphatic heterocycles. The van der Waals surface area contributed by atoms with Crippen LogP contribution >= 0.6 is 0 Å². The van der Waals surface area contributed by atoms with E-state index < -0.39 is 0 Å². The summed E-state index contributed by atoms with van der Waals surface area (Å²) < 4.78 is 4.83. The van der Waals surface area contributed by atoms with Gasteiger partial charge in [-0.05, 0) is 93.0 Å². The molecule has 11 rings (SSSR count). The Balaban J connectivity index is 1.11. The Morgan fingerprint density at radius 2 is 0.769 bits per heavy atom. The van der Waals surface area contributed by atoms with E-state index in [2.05, 4.69) is 203 Å². The van der Waals surface area contributed by atoms with Gasteiger partial charge in [0.25, 0.3) is 0 Å². The van der Waals surface area contributed by atoms with Crippen LogP contribution in [0.15, 0.2) is 194 Å². The maximum Gasteiger partial charge on any atom is 0.0541 e. The minimum Gasteiger partial charge on any atom is -0.309 e. The van der Waals surface area contributed by atoms with Gasteiger partial charge in [0.15, 0.2) is 0 Å². The average molecular weight is 661 g/mol. The molecule has 0 N–H and O–H groups in total. The number of nitrogens with zero attached hydrogens (tertiary/aromatic N) is 2. The summed E-state index contributed by atoms with van der Waals surface area (Å²) in [6.07, 6.45) is 0. The summed E-state index contributed by atoms with van der Waals surface area (Å²) in [7, 11) is 0. The lowest BCUT2D eigenvalue weighted by molar-refractivity contribution is 1.18. The standard InChI is InChI=1S/C50H32N2/c1-2-15-36(16-3-1)51-46-23-10-8-20-42(46)44-31-34(25-28-49(44)51)35-26-29-50-45(32-35)43-21-9-11-24-47(43)52(50)48-30-27-40(39-18-6-7-19-41(39)48)38-22-12-14-33-13-4-5-17-37(33)38/h1-32H. The fourth-order valence-electron chi connectivity index (χ4n) is 8.59. The van der Waals surface area contributed by atoms with Gasteiger partial charge in [0.2, 0.25) is 0 Å². The predicted octanol–water partition coefficient (Wildman–Crippen LogP) is 13.5. The van der Waals surface area contributed by atoms with Gasteiger partial charge >= 0.3 is 0 Å². The van der Waals surface area contributed by atoms with Crippen molar-refractivity contribution < 1.29 is 0 Å². The first-order valence-corrected chi connectivity index (χ1v) is 17.9. The number of hydrogen-bond donors (Lipinski definition) is 0. The number of fused-ring (bicyclic) bond motifs is 8. The van der Waals surface area contributed by atoms with Crippen molar-refractivity contribution in [2.24, 2.45) is 0 Å². The normalized spacial score (nSPS) is 11.8. The monoisotopic (exact) mass is 660 g/mol. The Bertz CT molecular complexity index is 3170. The summed E-state index contributed by atoms with van der Waals surface area (Å²) in [6, 6.07) is 71.0. The van der Waals surface area contributed by atoms with Crippen molar-refractivity contribution in [1.29, 1.82) is 0 Å². The zero-order valence-corrected chi connectivity index (χ0v) is 28.4. The molecule has 2 heterocycles. The topological polar surface area (TPSA) is 9.86 Å². The molecule has 0 radical (unpaired) electrons. The molecular weight excluding hydrogens is 629 g/mol. The van der Waals surface area contributed by atoms with Crippen molar-refractivity contribution in [2.75, 3.05) is 0 Å². The van der Waals surface area contributed by atoms with E-state index in [0.29, 0.717) is 0 Å². The summed E-state index contributed by atoms with van der Waals surface area (Å²) in [5.74, 6) is 0. The first-order valence-electron chi connectivity index (χ1n) is 17.9. The van der Waals surface area contributed by atoms with Crippen LogP contribution in [0, 0.1) is 0 Å². The third-order valence-corrected chi connectivity index (χ3v) is 10.9. The van der Waals surface area contributed by atoms with Gasteiger partial charge in [0.05, 0.1) is 27.8 Å². The lowest BCUT2D eigenvalue weighted by Gasteiger charge is -2.16. The molecule has 0 spiro atoms. The minimum atomic E-state index is 1.17. The van der Waals surface area contributed by atoms with Crippen LogP contribution in [0.25, 0.3) is 98.8 Å². The molecule has 52 heavy (non-hydrogen) atoms. The van der Waals surface area contributed by atoms with Crippen molar-refractivity contribution in [2.45, 2.75) is 0 Å². The number of benzene rings is 9. The fraction of sp³-hybridized carbons (Fsp3) is 0. The SMILES string of the molecule is c1ccc(-n2c3ccccc3c3cc(-c4ccc5c(c4)c4ccccc4n5-c4ccc(-c5cccc6ccccc56)c5ccccc45)ccc32)cc1. The van der Waals surface area contributed by atoms with Gasteiger partial charge in [-0.25, -0.2) is 0 Å². The van der Waals surface area contributed by atoms with Crippen LogP contribution in [-0.2, 0) is 0 Å². The number of hydrogen-bond acceptors (Lipinski definition) is 0. The Morgan fingerprint density at radius 1 is 0.269 bits per heavy atom. The van der Waals surface area contributed by atoms with E-state index in [-0.39, 0.29) is 0 Å². The predicted molar refractivity (Wildman–Crippen MR) is 221 cm³/mol. The van der Waals surface area contributed by atoms with E-state index in [1.54, 1.807) is 0 Å². The molecule has 242 valence electrons. The summed E-state index contributed by atoms with van der Waals surface area (Å²) in [4.78, 5) is 0. The molecule has 0 aliphatic carbocycles. The molecule has 0 bridgehead atoms. The van der Waals surface area contributed by atoms with Crippen molar-refractivity contribution in [3.05, 3.63) is 194 Å². The highest BCUT2D eigenvalue weighted by atomic mass is 15.0. The first-order chi connectivity index (χ1) is 25.8. The largest absolute Gasteiger partial charge is 0.309 e. The van der Waals surface area contributed by atoms with Gasteiger partial charge in [-0.15, -0.1) is 0 Å². The van der Waals surface area contributed by atoms with Gasteiger partial charge in [-0.3, -0.25) is 0 Å². The molecule has 11 aromatic rings. The lowest BCUT2D eigenvalue weighted by Crippen LogP contribution is -1.96. The zero-order chi connectivity index (χ0) is 34.2. The quantitative estimate of drug-likeness (QED) is 0.178. The fourth-order valence-corrected chi connectivity index (χ4v) is 8.59. The van der Waals surface area contributed by atoms with Gasteiger partial charge in [-0.1, -0.05) is 140 Å². The highest BCUT2D eigenvalue weighted by molar-refractivity contribution is 6.14. The molecule has 0 fully saturated rings. The van der Waals surface area contributed by atoms with Crippen molar-refractivity contribution in [3.8, 4) is 33.6 Å². The number of rotatable bonds is 4. The van der Waals surface area contributed by atoms with Gasteiger partial charge in [0.1, 0.15) is 0 Å². The van der Waals surface area contributed by atoms with Crippen LogP contribution in [0.2, 0.25) is 0 Å². The van der Waals surface area contributed by atoms with Crippen molar-refractivity contribution in [3.63, 3.8) is 0 Å². The van der Waals surface area contributed by atoms with Gasteiger partial charge < -0.3 is 9.13 Å². The maximum absolute atomic E-state index is 2.46. The number of aromatic nitrogens is 2. The average Bonchev–Trinajstić information content (AvgIpc) is 3.73. The van der Waals surface area contributed by atoms with E-state index in [9.17, 15) is 0 Å². The molecule has 2 aromatic heterocycles. The number of para-hydroxylation sites is 3. The van der Waals surface area contributed by atoms with Crippen LogP contribution in [0.4, 0.5) is 0 Å². The summed E-state index contributed by atoms with van der Waals surface area (Å²) in [5.41, 5.74) is 12.2. The van der Waals surface area contributed by atoms with E-state index in [1.807, 2.05) is 0 Å². The Labute approximate surface area is 301 Å². The molecule has 0 amide bonds. The molecule has 0 atom stereocenters. The third-order valence-electron chi connectivity index (χ3n) is 10.9. The van der Waals surface area contributed by atoms with Crippen molar-refractivity contribution in [1.82, 2.24) is 9.13 Å². The Morgan fingerprint density at radius 3 is 1.48 bits per heavy atom. The molecular formula is C50H32N2. The van der Waals surface area contributed by atoms with E-state index >= 15 is 0 Å². The highest BCUT2D eigenvalue weighted by Crippen LogP contribution is 2.41. The van der Waals surface area contributed by atoms with E-state index in [1.165, 1.54) is 98.8 Å². The van der Waals surface area contributed by atoms with Gasteiger partial charge in [-0.2, -0.15) is 0 Å². The zero-order valence-electron chi connectivity index (χ0n) is 28.4. The highest BCUT2D eigenvalue weighted by Gasteiger charge is 2.18. The maximum atomic E-state index is 2.46. The second-order valence-corrected chi connectivity index (χ2v) is 13.7. The van der Waals surface area contributed by atoms with Gasteiger partial charge in [0, 0.05) is 32.6 Å². The van der Waals surface area contributed by atoms with Crippen molar-refractivity contribution >= 4 is 65.2 Å². The minimum absolute atomic E-state index is 1.17. The van der Waals surface area contributed by atoms with Crippen LogP contribution < -0.4 is 0 Å². The molecule has 0 aliphatic rings. The van der Waals surface area contributed by atoms with E-state index in [0.717, 1.165) is 0 Å². The molecule has 2 heteroatoms. The van der Waals surface area contributed by atoms with Crippen LogP contribution in [0.1, 0.15) is 0 Å². The molecule has 2 nitrogen and oxygen atoms in total. The van der Waals surface area contributed by atoms with Crippen LogP contribution in [0.5, 0.6) is 0 Å². The second kappa shape index (κ2) is 11.3. The molecule has 0 unspecified atom stereocenters. The smallest absolute Gasteiger partial charge is 0.0541 e. The second-order valence-electron chi connectivity index (χ2n) is 13.7. The summed E-state index contributed by atoms with van der Waals surface area (Å²) in [5, 5.41) is 10.0. The first kappa shape index (κ1) is 28.9. The van der Waals surface area contributed by atoms with Crippen LogP contribution in [0.3, 0.4) is 0 Å². The molecule has 0 saturated carbocycles. The van der Waals surface area contributed by atoms with Crippen LogP contribution in [-0.4, -0.2) is 9.13 Å². The summed E-state index contributed by atoms with van der Waals surface area (Å²) in [6.45, 7) is 0. The lowest BCUT2D eigenvalue weighted by atomic mass is 9.93. The Hall–Kier alpha value is -6.90. The molecule has 0 saturated heterocycles. The third kappa shape index (κ3) is 4.25. The Kier molecular flexibility index (Phi) is 6.28.